The molecule has 1 aromatic carbocycles. The summed E-state index contributed by atoms with van der Waals surface area (Å²) in [5, 5.41) is 5.41. The highest BCUT2D eigenvalue weighted by Crippen LogP contribution is 2.17. The van der Waals surface area contributed by atoms with Crippen LogP contribution in [-0.2, 0) is 4.79 Å². The standard InChI is InChI=1S/C11H12F2N2O/c12-8-1-2-9(13)10(4-8)15-11(16)3-7-5-14-6-7/h1-2,4,7,14H,3,5-6H2,(H,15,16). The second-order valence-electron chi connectivity index (χ2n) is 3.90. The number of amides is 1. The third-order valence-corrected chi connectivity index (χ3v) is 2.54. The van der Waals surface area contributed by atoms with Crippen molar-refractivity contribution in [1.29, 1.82) is 0 Å². The van der Waals surface area contributed by atoms with Crippen molar-refractivity contribution >= 4 is 11.6 Å². The first kappa shape index (κ1) is 11.0. The molecule has 0 radical (unpaired) electrons. The Morgan fingerprint density at radius 3 is 2.81 bits per heavy atom. The minimum atomic E-state index is -0.624. The number of rotatable bonds is 3. The van der Waals surface area contributed by atoms with E-state index in [0.717, 1.165) is 31.3 Å². The molecule has 5 heteroatoms. The Morgan fingerprint density at radius 1 is 1.44 bits per heavy atom. The summed E-state index contributed by atoms with van der Waals surface area (Å²) in [5.41, 5.74) is -0.0997. The molecule has 1 saturated heterocycles. The molecule has 3 nitrogen and oxygen atoms in total. The molecule has 86 valence electrons. The predicted octanol–water partition coefficient (Wildman–Crippen LogP) is 1.51. The molecule has 0 bridgehead atoms. The van der Waals surface area contributed by atoms with Crippen LogP contribution in [0, 0.1) is 17.6 Å². The summed E-state index contributed by atoms with van der Waals surface area (Å²) in [6.07, 6.45) is 0.336. The molecule has 0 unspecified atom stereocenters. The van der Waals surface area contributed by atoms with E-state index in [2.05, 4.69) is 10.6 Å². The monoisotopic (exact) mass is 226 g/mol. The fraction of sp³-hybridized carbons (Fsp3) is 0.364. The minimum absolute atomic E-state index is 0.0997. The van der Waals surface area contributed by atoms with Gasteiger partial charge in [0.2, 0.25) is 5.91 Å². The van der Waals surface area contributed by atoms with Gasteiger partial charge in [-0.3, -0.25) is 4.79 Å². The highest BCUT2D eigenvalue weighted by Gasteiger charge is 2.20. The molecule has 0 atom stereocenters. The van der Waals surface area contributed by atoms with E-state index in [1.807, 2.05) is 0 Å². The Morgan fingerprint density at radius 2 is 2.19 bits per heavy atom. The molecule has 1 heterocycles. The largest absolute Gasteiger partial charge is 0.324 e. The highest BCUT2D eigenvalue weighted by molar-refractivity contribution is 5.91. The van der Waals surface area contributed by atoms with Gasteiger partial charge >= 0.3 is 0 Å². The van der Waals surface area contributed by atoms with Crippen LogP contribution in [0.4, 0.5) is 14.5 Å². The Balaban J connectivity index is 1.96. The first-order valence-electron chi connectivity index (χ1n) is 5.11. The smallest absolute Gasteiger partial charge is 0.224 e. The van der Waals surface area contributed by atoms with E-state index in [0.29, 0.717) is 12.3 Å². The maximum atomic E-state index is 13.2. The van der Waals surface area contributed by atoms with E-state index in [-0.39, 0.29) is 11.6 Å². The van der Waals surface area contributed by atoms with Crippen LogP contribution in [0.3, 0.4) is 0 Å². The Kier molecular flexibility index (Phi) is 3.14. The van der Waals surface area contributed by atoms with Crippen LogP contribution in [0.25, 0.3) is 0 Å². The van der Waals surface area contributed by atoms with E-state index in [1.165, 1.54) is 0 Å². The summed E-state index contributed by atoms with van der Waals surface area (Å²) in [6.45, 7) is 1.61. The van der Waals surface area contributed by atoms with Crippen molar-refractivity contribution in [1.82, 2.24) is 5.32 Å². The zero-order valence-electron chi connectivity index (χ0n) is 8.59. The molecular weight excluding hydrogens is 214 g/mol. The summed E-state index contributed by atoms with van der Waals surface area (Å²) in [5.74, 6) is -1.17. The van der Waals surface area contributed by atoms with E-state index < -0.39 is 11.6 Å². The Hall–Kier alpha value is -1.49. The molecule has 1 aliphatic rings. The van der Waals surface area contributed by atoms with Crippen LogP contribution in [0.15, 0.2) is 18.2 Å². The number of hydrogen-bond acceptors (Lipinski definition) is 2. The Labute approximate surface area is 91.8 Å². The van der Waals surface area contributed by atoms with Gasteiger partial charge in [-0.1, -0.05) is 0 Å². The topological polar surface area (TPSA) is 41.1 Å². The lowest BCUT2D eigenvalue weighted by Gasteiger charge is -2.26. The summed E-state index contributed by atoms with van der Waals surface area (Å²) >= 11 is 0. The number of carbonyl (C=O) groups excluding carboxylic acids is 1. The molecule has 2 rings (SSSR count). The minimum Gasteiger partial charge on any atom is -0.324 e. The van der Waals surface area contributed by atoms with Crippen molar-refractivity contribution < 1.29 is 13.6 Å². The van der Waals surface area contributed by atoms with Crippen molar-refractivity contribution in [3.63, 3.8) is 0 Å². The van der Waals surface area contributed by atoms with Crippen molar-refractivity contribution in [2.45, 2.75) is 6.42 Å². The number of anilines is 1. The number of nitrogens with one attached hydrogen (secondary N) is 2. The molecular formula is C11H12F2N2O. The van der Waals surface area contributed by atoms with Gasteiger partial charge in [0.05, 0.1) is 5.69 Å². The lowest BCUT2D eigenvalue weighted by atomic mass is 9.99. The van der Waals surface area contributed by atoms with E-state index in [1.54, 1.807) is 0 Å². The van der Waals surface area contributed by atoms with Gasteiger partial charge in [0, 0.05) is 12.5 Å². The van der Waals surface area contributed by atoms with Crippen LogP contribution in [-0.4, -0.2) is 19.0 Å². The average molecular weight is 226 g/mol. The molecule has 1 aromatic rings. The molecule has 1 fully saturated rings. The summed E-state index contributed by atoms with van der Waals surface area (Å²) in [4.78, 5) is 11.5. The van der Waals surface area contributed by atoms with Crippen molar-refractivity contribution in [3.8, 4) is 0 Å². The second-order valence-corrected chi connectivity index (χ2v) is 3.90. The predicted molar refractivity (Wildman–Crippen MR) is 56.0 cm³/mol. The third kappa shape index (κ3) is 2.55. The van der Waals surface area contributed by atoms with Crippen LogP contribution < -0.4 is 10.6 Å². The first-order valence-corrected chi connectivity index (χ1v) is 5.11. The summed E-state index contributed by atoms with van der Waals surface area (Å²) < 4.78 is 26.0. The van der Waals surface area contributed by atoms with Crippen LogP contribution in [0.5, 0.6) is 0 Å². The molecule has 2 N–H and O–H groups in total. The van der Waals surface area contributed by atoms with E-state index in [4.69, 9.17) is 0 Å². The van der Waals surface area contributed by atoms with Gasteiger partial charge in [0.1, 0.15) is 11.6 Å². The molecule has 0 saturated carbocycles. The quantitative estimate of drug-likeness (QED) is 0.820. The normalized spacial score (nSPS) is 15.6. The molecule has 0 aromatic heterocycles. The maximum absolute atomic E-state index is 13.2. The van der Waals surface area contributed by atoms with Gasteiger partial charge in [0.15, 0.2) is 0 Å². The number of halogens is 2. The van der Waals surface area contributed by atoms with Crippen LogP contribution >= 0.6 is 0 Å². The van der Waals surface area contributed by atoms with Crippen molar-refractivity contribution in [2.75, 3.05) is 18.4 Å². The average Bonchev–Trinajstić information content (AvgIpc) is 2.18. The zero-order chi connectivity index (χ0) is 11.5. The lowest BCUT2D eigenvalue weighted by Crippen LogP contribution is -2.43. The van der Waals surface area contributed by atoms with Crippen LogP contribution in [0.1, 0.15) is 6.42 Å². The van der Waals surface area contributed by atoms with Gasteiger partial charge in [-0.25, -0.2) is 8.78 Å². The Bertz CT molecular complexity index is 405. The summed E-state index contributed by atoms with van der Waals surface area (Å²) in [7, 11) is 0. The lowest BCUT2D eigenvalue weighted by molar-refractivity contribution is -0.117. The number of hydrogen-bond donors (Lipinski definition) is 2. The van der Waals surface area contributed by atoms with Gasteiger partial charge in [-0.05, 0) is 31.1 Å². The first-order chi connectivity index (χ1) is 7.65. The summed E-state index contributed by atoms with van der Waals surface area (Å²) in [6, 6.07) is 2.99. The number of carbonyl (C=O) groups is 1. The van der Waals surface area contributed by atoms with Gasteiger partial charge in [0.25, 0.3) is 0 Å². The van der Waals surface area contributed by atoms with Gasteiger partial charge in [-0.2, -0.15) is 0 Å². The van der Waals surface area contributed by atoms with E-state index >= 15 is 0 Å². The third-order valence-electron chi connectivity index (χ3n) is 2.54. The van der Waals surface area contributed by atoms with Crippen molar-refractivity contribution in [2.24, 2.45) is 5.92 Å². The number of benzene rings is 1. The SMILES string of the molecule is O=C(CC1CNC1)Nc1cc(F)ccc1F. The molecule has 0 spiro atoms. The fourth-order valence-electron chi connectivity index (χ4n) is 1.55. The maximum Gasteiger partial charge on any atom is 0.224 e. The molecule has 1 aliphatic heterocycles. The highest BCUT2D eigenvalue weighted by atomic mass is 19.1. The molecule has 16 heavy (non-hydrogen) atoms. The van der Waals surface area contributed by atoms with E-state index in [9.17, 15) is 13.6 Å². The van der Waals surface area contributed by atoms with Gasteiger partial charge < -0.3 is 10.6 Å². The molecule has 1 amide bonds. The molecule has 0 aliphatic carbocycles. The fourth-order valence-corrected chi connectivity index (χ4v) is 1.55. The van der Waals surface area contributed by atoms with Crippen molar-refractivity contribution in [3.05, 3.63) is 29.8 Å². The van der Waals surface area contributed by atoms with Crippen LogP contribution in [0.2, 0.25) is 0 Å². The zero-order valence-corrected chi connectivity index (χ0v) is 8.59. The second kappa shape index (κ2) is 4.57. The van der Waals surface area contributed by atoms with Gasteiger partial charge in [-0.15, -0.1) is 0 Å².